The molecule has 1 aliphatic heterocycles. The number of amides is 1. The van der Waals surface area contributed by atoms with E-state index in [-0.39, 0.29) is 5.78 Å². The first-order valence-electron chi connectivity index (χ1n) is 8.05. The van der Waals surface area contributed by atoms with Gasteiger partial charge in [0.15, 0.2) is 0 Å². The van der Waals surface area contributed by atoms with Crippen molar-refractivity contribution in [2.45, 2.75) is 52.0 Å². The number of Topliss-reactive ketones (excluding diaryl/α,β-unsaturated/α-hetero) is 1. The van der Waals surface area contributed by atoms with Crippen LogP contribution < -0.4 is 5.32 Å². The summed E-state index contributed by atoms with van der Waals surface area (Å²) in [5.41, 5.74) is 3.71. The van der Waals surface area contributed by atoms with Gasteiger partial charge in [0.25, 0.3) is 0 Å². The van der Waals surface area contributed by atoms with Crippen molar-refractivity contribution in [1.82, 2.24) is 5.32 Å². The lowest BCUT2D eigenvalue weighted by Crippen LogP contribution is -2.40. The lowest BCUT2D eigenvalue weighted by atomic mass is 9.97. The Hall–Kier alpha value is -2.30. The van der Waals surface area contributed by atoms with Crippen LogP contribution >= 0.6 is 0 Å². The maximum atomic E-state index is 12.5. The van der Waals surface area contributed by atoms with Crippen LogP contribution in [0.2, 0.25) is 0 Å². The number of benzene rings is 1. The van der Waals surface area contributed by atoms with Gasteiger partial charge in [0.2, 0.25) is 12.2 Å². The van der Waals surface area contributed by atoms with E-state index in [1.54, 1.807) is 0 Å². The van der Waals surface area contributed by atoms with Crippen LogP contribution in [0.4, 0.5) is 0 Å². The highest BCUT2D eigenvalue weighted by molar-refractivity contribution is 6.45. The fourth-order valence-corrected chi connectivity index (χ4v) is 2.67. The van der Waals surface area contributed by atoms with Gasteiger partial charge < -0.3 is 5.32 Å². The van der Waals surface area contributed by atoms with Crippen LogP contribution in [0.3, 0.4) is 0 Å². The number of ketones is 1. The minimum Gasteiger partial charge on any atom is -0.348 e. The van der Waals surface area contributed by atoms with Crippen LogP contribution in [0.5, 0.6) is 0 Å². The van der Waals surface area contributed by atoms with Crippen LogP contribution in [-0.2, 0) is 16.0 Å². The average Bonchev–Trinajstić information content (AvgIpc) is 2.99. The first-order chi connectivity index (χ1) is 11.1. The highest BCUT2D eigenvalue weighted by Crippen LogP contribution is 2.13. The van der Waals surface area contributed by atoms with Crippen molar-refractivity contribution >= 4 is 23.6 Å². The van der Waals surface area contributed by atoms with Crippen LogP contribution in [0.15, 0.2) is 34.5 Å². The third-order valence-electron chi connectivity index (χ3n) is 3.89. The number of carbonyl (C=O) groups is 2. The monoisotopic (exact) mass is 313 g/mol. The quantitative estimate of drug-likeness (QED) is 0.712. The predicted molar refractivity (Wildman–Crippen MR) is 91.9 cm³/mol. The molecular weight excluding hydrogens is 290 g/mol. The Labute approximate surface area is 136 Å². The molecule has 1 atom stereocenters. The highest BCUT2D eigenvalue weighted by Gasteiger charge is 2.26. The normalized spacial score (nSPS) is 14.9. The van der Waals surface area contributed by atoms with Crippen molar-refractivity contribution in [2.24, 2.45) is 10.2 Å². The second-order valence-electron chi connectivity index (χ2n) is 5.90. The summed E-state index contributed by atoms with van der Waals surface area (Å²) in [5.74, 6) is -0.117. The third kappa shape index (κ3) is 4.84. The summed E-state index contributed by atoms with van der Waals surface area (Å²) < 4.78 is 0. The van der Waals surface area contributed by atoms with Gasteiger partial charge in [0.05, 0.1) is 11.8 Å². The van der Waals surface area contributed by atoms with Crippen LogP contribution in [0, 0.1) is 6.92 Å². The zero-order valence-corrected chi connectivity index (χ0v) is 13.7. The number of unbranched alkanes of at least 4 members (excludes halogenated alkanes) is 1. The fourth-order valence-electron chi connectivity index (χ4n) is 2.67. The van der Waals surface area contributed by atoms with Crippen molar-refractivity contribution in [3.05, 3.63) is 35.4 Å². The molecule has 1 unspecified atom stereocenters. The van der Waals surface area contributed by atoms with E-state index in [0.717, 1.165) is 18.6 Å². The first-order valence-corrected chi connectivity index (χ1v) is 8.05. The third-order valence-corrected chi connectivity index (χ3v) is 3.89. The Morgan fingerprint density at radius 3 is 2.91 bits per heavy atom. The van der Waals surface area contributed by atoms with E-state index >= 15 is 0 Å². The van der Waals surface area contributed by atoms with E-state index < -0.39 is 6.04 Å². The summed E-state index contributed by atoms with van der Waals surface area (Å²) in [6.45, 7) is 4.10. The van der Waals surface area contributed by atoms with E-state index in [1.165, 1.54) is 11.1 Å². The molecule has 2 rings (SSSR count). The lowest BCUT2D eigenvalue weighted by molar-refractivity contribution is -0.118. The molecule has 0 radical (unpaired) electrons. The molecule has 122 valence electrons. The molecule has 1 aromatic rings. The summed E-state index contributed by atoms with van der Waals surface area (Å²) in [7, 11) is 0. The van der Waals surface area contributed by atoms with Gasteiger partial charge in [-0.25, -0.2) is 0 Å². The molecule has 0 saturated carbocycles. The molecule has 0 spiro atoms. The van der Waals surface area contributed by atoms with Gasteiger partial charge >= 0.3 is 0 Å². The number of carbonyl (C=O) groups excluding carboxylic acids is 2. The topological polar surface area (TPSA) is 70.9 Å². The Morgan fingerprint density at radius 1 is 1.39 bits per heavy atom. The molecule has 0 fully saturated rings. The Kier molecular flexibility index (Phi) is 6.20. The molecule has 0 bridgehead atoms. The number of aryl methyl sites for hydroxylation is 1. The summed E-state index contributed by atoms with van der Waals surface area (Å²) in [4.78, 5) is 23.2. The molecule has 0 saturated heterocycles. The van der Waals surface area contributed by atoms with Gasteiger partial charge in [-0.05, 0) is 18.9 Å². The molecule has 1 aromatic carbocycles. The number of hydrogen-bond acceptors (Lipinski definition) is 4. The molecule has 5 heteroatoms. The van der Waals surface area contributed by atoms with Crippen molar-refractivity contribution in [1.29, 1.82) is 0 Å². The molecular formula is C18H23N3O2. The van der Waals surface area contributed by atoms with Crippen molar-refractivity contribution < 1.29 is 9.59 Å². The Bertz CT molecular complexity index is 635. The number of rotatable bonds is 9. The Balaban J connectivity index is 1.94. The number of hydrogen-bond donors (Lipinski definition) is 1. The lowest BCUT2D eigenvalue weighted by Gasteiger charge is -2.14. The highest BCUT2D eigenvalue weighted by atomic mass is 16.1. The summed E-state index contributed by atoms with van der Waals surface area (Å²) in [6.07, 6.45) is 4.26. The van der Waals surface area contributed by atoms with Gasteiger partial charge in [-0.15, -0.1) is 0 Å². The van der Waals surface area contributed by atoms with Crippen molar-refractivity contribution in [3.63, 3.8) is 0 Å². The smallest absolute Gasteiger partial charge is 0.207 e. The molecule has 1 amide bonds. The largest absolute Gasteiger partial charge is 0.348 e. The van der Waals surface area contributed by atoms with Crippen LogP contribution in [0.25, 0.3) is 0 Å². The molecule has 5 nitrogen and oxygen atoms in total. The van der Waals surface area contributed by atoms with Crippen LogP contribution in [-0.4, -0.2) is 29.7 Å². The molecule has 0 aromatic heterocycles. The summed E-state index contributed by atoms with van der Waals surface area (Å²) in [5, 5.41) is 10.8. The molecule has 0 aliphatic carbocycles. The van der Waals surface area contributed by atoms with Gasteiger partial charge in [-0.2, -0.15) is 10.2 Å². The van der Waals surface area contributed by atoms with Gasteiger partial charge in [0.1, 0.15) is 5.71 Å². The molecule has 1 N–H and O–H groups in total. The predicted octanol–water partition coefficient (Wildman–Crippen LogP) is 2.61. The molecule has 1 heterocycles. The second-order valence-corrected chi connectivity index (χ2v) is 5.90. The van der Waals surface area contributed by atoms with Crippen molar-refractivity contribution in [2.75, 3.05) is 0 Å². The van der Waals surface area contributed by atoms with Gasteiger partial charge in [-0.1, -0.05) is 49.6 Å². The van der Waals surface area contributed by atoms with Crippen LogP contribution in [0.1, 0.15) is 43.7 Å². The maximum Gasteiger partial charge on any atom is 0.207 e. The second kappa shape index (κ2) is 8.36. The van der Waals surface area contributed by atoms with E-state index in [2.05, 4.69) is 41.5 Å². The minimum atomic E-state index is -0.486. The molecule has 1 aliphatic rings. The minimum absolute atomic E-state index is 0.117. The average molecular weight is 313 g/mol. The fraction of sp³-hybridized carbons (Fsp3) is 0.444. The number of nitrogens with one attached hydrogen (secondary N) is 1. The SMILES string of the molecule is CCCCC(NC=O)C(=O)C1=NN=C(Cc2cccc(C)c2)C1. The van der Waals surface area contributed by atoms with E-state index in [1.807, 2.05) is 12.1 Å². The first kappa shape index (κ1) is 17.1. The summed E-state index contributed by atoms with van der Waals surface area (Å²) >= 11 is 0. The van der Waals surface area contributed by atoms with Gasteiger partial charge in [-0.3, -0.25) is 9.59 Å². The standard InChI is InChI=1S/C18H23N3O2/c1-3-4-8-16(19-12-22)18(23)17-11-15(20-21-17)10-14-7-5-6-13(2)9-14/h5-7,9,12,16H,3-4,8,10-11H2,1-2H3,(H,19,22). The van der Waals surface area contributed by atoms with Crippen molar-refractivity contribution in [3.8, 4) is 0 Å². The van der Waals surface area contributed by atoms with E-state index in [0.29, 0.717) is 31.4 Å². The maximum absolute atomic E-state index is 12.5. The van der Waals surface area contributed by atoms with E-state index in [9.17, 15) is 9.59 Å². The van der Waals surface area contributed by atoms with Gasteiger partial charge in [0, 0.05) is 12.8 Å². The number of nitrogens with zero attached hydrogens (tertiary/aromatic N) is 2. The zero-order valence-electron chi connectivity index (χ0n) is 13.7. The molecule has 23 heavy (non-hydrogen) atoms. The van der Waals surface area contributed by atoms with E-state index in [4.69, 9.17) is 0 Å². The summed E-state index contributed by atoms with van der Waals surface area (Å²) in [6, 6.07) is 7.74. The zero-order chi connectivity index (χ0) is 16.7. The Morgan fingerprint density at radius 2 is 2.22 bits per heavy atom.